The Morgan fingerprint density at radius 1 is 1.06 bits per heavy atom. The van der Waals surface area contributed by atoms with Crippen molar-refractivity contribution in [2.45, 2.75) is 50.7 Å². The Bertz CT molecular complexity index is 1130. The van der Waals surface area contributed by atoms with E-state index in [-0.39, 0.29) is 39.3 Å². The van der Waals surface area contributed by atoms with E-state index < -0.39 is 11.9 Å². The number of halogens is 2. The number of benzene rings is 2. The molecule has 0 radical (unpaired) electrons. The van der Waals surface area contributed by atoms with E-state index in [1.165, 1.54) is 17.0 Å². The molecule has 1 fully saturated rings. The fourth-order valence-corrected chi connectivity index (χ4v) is 5.23. The van der Waals surface area contributed by atoms with Crippen LogP contribution in [0.5, 0.6) is 5.75 Å². The van der Waals surface area contributed by atoms with E-state index in [1.807, 2.05) is 30.3 Å². The average Bonchev–Trinajstić information content (AvgIpc) is 3.18. The summed E-state index contributed by atoms with van der Waals surface area (Å²) in [4.78, 5) is 28.9. The smallest absolute Gasteiger partial charge is 0.276 e. The van der Waals surface area contributed by atoms with Crippen LogP contribution in [0.25, 0.3) is 0 Å². The lowest BCUT2D eigenvalue weighted by atomic mass is 9.94. The molecular formula is C25H25Cl2N3O3S. The SMILES string of the molecule is O=C(NC1CCCCC1)[C@@H](c1ccc(O)cc1)N(Cc1ccccc1)C(=O)c1nsc(Cl)c1Cl. The number of carbonyl (C=O) groups is 2. The van der Waals surface area contributed by atoms with Gasteiger partial charge in [0.15, 0.2) is 5.69 Å². The Morgan fingerprint density at radius 3 is 2.35 bits per heavy atom. The van der Waals surface area contributed by atoms with Crippen molar-refractivity contribution in [1.82, 2.24) is 14.6 Å². The molecule has 0 saturated heterocycles. The summed E-state index contributed by atoms with van der Waals surface area (Å²) in [5.41, 5.74) is 1.44. The Morgan fingerprint density at radius 2 is 1.74 bits per heavy atom. The van der Waals surface area contributed by atoms with Gasteiger partial charge in [-0.3, -0.25) is 9.59 Å². The van der Waals surface area contributed by atoms with Crippen molar-refractivity contribution in [2.75, 3.05) is 0 Å². The van der Waals surface area contributed by atoms with E-state index >= 15 is 0 Å². The van der Waals surface area contributed by atoms with Gasteiger partial charge in [0.05, 0.1) is 0 Å². The normalized spacial score (nSPS) is 15.0. The van der Waals surface area contributed by atoms with Gasteiger partial charge in [0.2, 0.25) is 5.91 Å². The minimum atomic E-state index is -0.952. The number of nitrogens with one attached hydrogen (secondary N) is 1. The van der Waals surface area contributed by atoms with Crippen molar-refractivity contribution in [3.63, 3.8) is 0 Å². The maximum Gasteiger partial charge on any atom is 0.276 e. The van der Waals surface area contributed by atoms with E-state index in [9.17, 15) is 14.7 Å². The van der Waals surface area contributed by atoms with E-state index in [0.29, 0.717) is 5.56 Å². The summed E-state index contributed by atoms with van der Waals surface area (Å²) in [7, 11) is 0. The number of rotatable bonds is 7. The van der Waals surface area contributed by atoms with Crippen molar-refractivity contribution < 1.29 is 14.7 Å². The molecule has 34 heavy (non-hydrogen) atoms. The summed E-state index contributed by atoms with van der Waals surface area (Å²) in [6, 6.07) is 14.9. The molecule has 1 saturated carbocycles. The Kier molecular flexibility index (Phi) is 8.08. The number of hydrogen-bond donors (Lipinski definition) is 2. The van der Waals surface area contributed by atoms with Crippen LogP contribution in [0.2, 0.25) is 9.36 Å². The number of phenolic OH excluding ortho intramolecular Hbond substituents is 1. The topological polar surface area (TPSA) is 82.5 Å². The van der Waals surface area contributed by atoms with Crippen molar-refractivity contribution in [3.8, 4) is 5.75 Å². The van der Waals surface area contributed by atoms with Crippen molar-refractivity contribution >= 4 is 46.5 Å². The first-order chi connectivity index (χ1) is 16.4. The fraction of sp³-hybridized carbons (Fsp3) is 0.320. The van der Waals surface area contributed by atoms with Crippen LogP contribution in [0.15, 0.2) is 54.6 Å². The molecule has 1 aliphatic carbocycles. The summed E-state index contributed by atoms with van der Waals surface area (Å²) < 4.78 is 4.38. The zero-order chi connectivity index (χ0) is 24.1. The summed E-state index contributed by atoms with van der Waals surface area (Å²) in [6.07, 6.45) is 5.11. The lowest BCUT2D eigenvalue weighted by Gasteiger charge is -2.33. The Hall–Kier alpha value is -2.61. The molecule has 0 unspecified atom stereocenters. The quantitative estimate of drug-likeness (QED) is 0.403. The van der Waals surface area contributed by atoms with Crippen molar-refractivity contribution in [1.29, 1.82) is 0 Å². The monoisotopic (exact) mass is 517 g/mol. The largest absolute Gasteiger partial charge is 0.508 e. The van der Waals surface area contributed by atoms with Crippen LogP contribution < -0.4 is 5.32 Å². The molecule has 1 heterocycles. The van der Waals surface area contributed by atoms with Gasteiger partial charge in [-0.2, -0.15) is 4.37 Å². The van der Waals surface area contributed by atoms with Crippen molar-refractivity contribution in [2.24, 2.45) is 0 Å². The predicted molar refractivity (Wildman–Crippen MR) is 134 cm³/mol. The van der Waals surface area contributed by atoms with Crippen molar-refractivity contribution in [3.05, 3.63) is 80.8 Å². The molecule has 2 aromatic carbocycles. The molecule has 0 spiro atoms. The lowest BCUT2D eigenvalue weighted by Crippen LogP contribution is -2.47. The van der Waals surface area contributed by atoms with Gasteiger partial charge in [-0.05, 0) is 47.6 Å². The highest BCUT2D eigenvalue weighted by Gasteiger charge is 2.35. The molecule has 3 aromatic rings. The van der Waals surface area contributed by atoms with Gasteiger partial charge < -0.3 is 15.3 Å². The zero-order valence-corrected chi connectivity index (χ0v) is 20.7. The van der Waals surface area contributed by atoms with Gasteiger partial charge >= 0.3 is 0 Å². The third kappa shape index (κ3) is 5.71. The number of phenols is 1. The molecule has 9 heteroatoms. The standard InChI is InChI=1S/C25H25Cl2N3O3S/c26-20-21(29-34-23(20)27)25(33)30(15-16-7-3-1-4-8-16)22(17-11-13-19(31)14-12-17)24(32)28-18-9-5-2-6-10-18/h1,3-4,7-8,11-14,18,22,31H,2,5-6,9-10,15H2,(H,28,32)/t22-/m1/s1. The third-order valence-electron chi connectivity index (χ3n) is 5.98. The highest BCUT2D eigenvalue weighted by molar-refractivity contribution is 7.11. The average molecular weight is 518 g/mol. The van der Waals surface area contributed by atoms with Crippen LogP contribution in [0, 0.1) is 0 Å². The summed E-state index contributed by atoms with van der Waals surface area (Å²) in [5, 5.41) is 13.0. The van der Waals surface area contributed by atoms with E-state index in [1.54, 1.807) is 12.1 Å². The van der Waals surface area contributed by atoms with Gasteiger partial charge in [-0.15, -0.1) is 0 Å². The molecule has 178 valence electrons. The number of nitrogens with zero attached hydrogens (tertiary/aromatic N) is 2. The maximum atomic E-state index is 13.8. The molecule has 1 atom stereocenters. The number of aromatic nitrogens is 1. The second-order valence-electron chi connectivity index (χ2n) is 8.38. The number of aromatic hydroxyl groups is 1. The predicted octanol–water partition coefficient (Wildman–Crippen LogP) is 5.99. The van der Waals surface area contributed by atoms with Crippen LogP contribution in [0.4, 0.5) is 0 Å². The second kappa shape index (κ2) is 11.2. The molecular weight excluding hydrogens is 493 g/mol. The van der Waals surface area contributed by atoms with Gasteiger partial charge in [0.1, 0.15) is 21.2 Å². The van der Waals surface area contributed by atoms with Crippen LogP contribution in [0.3, 0.4) is 0 Å². The first-order valence-corrected chi connectivity index (χ1v) is 12.7. The Balaban J connectivity index is 1.75. The Labute approximate surface area is 212 Å². The summed E-state index contributed by atoms with van der Waals surface area (Å²) in [5.74, 6) is -0.696. The van der Waals surface area contributed by atoms with Gasteiger partial charge in [-0.25, -0.2) is 0 Å². The van der Waals surface area contributed by atoms with E-state index in [4.69, 9.17) is 23.2 Å². The highest BCUT2D eigenvalue weighted by atomic mass is 35.5. The first-order valence-electron chi connectivity index (χ1n) is 11.2. The lowest BCUT2D eigenvalue weighted by molar-refractivity contribution is -0.127. The molecule has 1 aliphatic rings. The van der Waals surface area contributed by atoms with E-state index in [2.05, 4.69) is 9.69 Å². The van der Waals surface area contributed by atoms with Crippen LogP contribution in [0.1, 0.15) is 59.8 Å². The molecule has 2 N–H and O–H groups in total. The maximum absolute atomic E-state index is 13.8. The molecule has 0 aliphatic heterocycles. The zero-order valence-electron chi connectivity index (χ0n) is 18.4. The second-order valence-corrected chi connectivity index (χ2v) is 10.1. The summed E-state index contributed by atoms with van der Waals surface area (Å²) in [6.45, 7) is 0.161. The minimum absolute atomic E-state index is 0.0156. The first kappa shape index (κ1) is 24.5. The van der Waals surface area contributed by atoms with Gasteiger partial charge in [-0.1, -0.05) is 84.9 Å². The fourth-order valence-electron chi connectivity index (χ4n) is 4.24. The molecule has 6 nitrogen and oxygen atoms in total. The summed E-state index contributed by atoms with van der Waals surface area (Å²) >= 11 is 13.3. The minimum Gasteiger partial charge on any atom is -0.508 e. The van der Waals surface area contributed by atoms with E-state index in [0.717, 1.165) is 49.2 Å². The highest BCUT2D eigenvalue weighted by Crippen LogP contribution is 2.34. The third-order valence-corrected chi connectivity index (χ3v) is 7.59. The van der Waals surface area contributed by atoms with Gasteiger partial charge in [0.25, 0.3) is 5.91 Å². The van der Waals surface area contributed by atoms with Crippen LogP contribution >= 0.6 is 34.7 Å². The number of amides is 2. The number of carbonyl (C=O) groups excluding carboxylic acids is 2. The number of hydrogen-bond acceptors (Lipinski definition) is 5. The van der Waals surface area contributed by atoms with Crippen LogP contribution in [-0.2, 0) is 11.3 Å². The molecule has 2 amide bonds. The molecule has 1 aromatic heterocycles. The molecule has 4 rings (SSSR count). The van der Waals surface area contributed by atoms with Crippen LogP contribution in [-0.4, -0.2) is 32.2 Å². The van der Waals surface area contributed by atoms with Gasteiger partial charge in [0, 0.05) is 12.6 Å². The molecule has 0 bridgehead atoms.